The lowest BCUT2D eigenvalue weighted by atomic mass is 10.1. The van der Waals surface area contributed by atoms with Gasteiger partial charge in [0.15, 0.2) is 0 Å². The smallest absolute Gasteiger partial charge is 0.271 e. The van der Waals surface area contributed by atoms with Crippen molar-refractivity contribution < 1.29 is 9.18 Å². The minimum Gasteiger partial charge on any atom is -0.337 e. The highest BCUT2D eigenvalue weighted by Crippen LogP contribution is 2.35. The molecule has 2 aliphatic heterocycles. The fraction of sp³-hybridized carbons (Fsp3) is 0.286. The lowest BCUT2D eigenvalue weighted by Gasteiger charge is -2.38. The molecular weight excluding hydrogens is 361 g/mol. The van der Waals surface area contributed by atoms with Crippen molar-refractivity contribution in [1.29, 1.82) is 0 Å². The molecule has 1 amide bonds. The molecule has 3 aromatic rings. The van der Waals surface area contributed by atoms with Crippen LogP contribution in [0.1, 0.15) is 27.0 Å². The molecule has 0 radical (unpaired) electrons. The van der Waals surface area contributed by atoms with Crippen LogP contribution >= 0.6 is 11.3 Å². The van der Waals surface area contributed by atoms with E-state index in [1.807, 2.05) is 35.4 Å². The van der Waals surface area contributed by atoms with Crippen LogP contribution in [0.25, 0.3) is 0 Å². The van der Waals surface area contributed by atoms with Crippen LogP contribution in [-0.4, -0.2) is 39.4 Å². The van der Waals surface area contributed by atoms with Gasteiger partial charge in [0, 0.05) is 30.7 Å². The Balaban J connectivity index is 1.43. The van der Waals surface area contributed by atoms with Crippen molar-refractivity contribution in [3.8, 4) is 0 Å². The van der Waals surface area contributed by atoms with Crippen LogP contribution in [0, 0.1) is 5.82 Å². The highest BCUT2D eigenvalue weighted by molar-refractivity contribution is 7.09. The third-order valence-electron chi connectivity index (χ3n) is 5.55. The monoisotopic (exact) mass is 381 g/mol. The summed E-state index contributed by atoms with van der Waals surface area (Å²) in [6.07, 6.45) is 2.01. The number of thiophene rings is 1. The van der Waals surface area contributed by atoms with E-state index in [1.54, 1.807) is 23.5 Å². The van der Waals surface area contributed by atoms with E-state index in [0.29, 0.717) is 13.1 Å². The van der Waals surface area contributed by atoms with Crippen molar-refractivity contribution in [2.75, 3.05) is 13.1 Å². The zero-order chi connectivity index (χ0) is 18.4. The topological polar surface area (TPSA) is 28.5 Å². The molecule has 2 aliphatic rings. The molecule has 4 heterocycles. The van der Waals surface area contributed by atoms with Gasteiger partial charge in [-0.25, -0.2) is 4.39 Å². The van der Waals surface area contributed by atoms with Crippen molar-refractivity contribution in [3.05, 3.63) is 82.1 Å². The Morgan fingerprint density at radius 1 is 1.04 bits per heavy atom. The summed E-state index contributed by atoms with van der Waals surface area (Å²) in [5.74, 6) is -0.103. The Morgan fingerprint density at radius 2 is 1.93 bits per heavy atom. The number of amides is 1. The number of rotatable bonds is 4. The third-order valence-corrected chi connectivity index (χ3v) is 6.41. The average molecular weight is 381 g/mol. The van der Waals surface area contributed by atoms with Gasteiger partial charge >= 0.3 is 0 Å². The van der Waals surface area contributed by atoms with Crippen LogP contribution in [-0.2, 0) is 13.1 Å². The molecule has 138 valence electrons. The Bertz CT molecular complexity index is 967. The molecule has 0 bridgehead atoms. The average Bonchev–Trinajstić information content (AvgIpc) is 3.38. The van der Waals surface area contributed by atoms with Crippen molar-refractivity contribution in [2.24, 2.45) is 0 Å². The zero-order valence-electron chi connectivity index (χ0n) is 14.8. The van der Waals surface area contributed by atoms with Crippen molar-refractivity contribution in [1.82, 2.24) is 14.4 Å². The molecule has 2 aromatic heterocycles. The summed E-state index contributed by atoms with van der Waals surface area (Å²) in [6.45, 7) is 3.01. The van der Waals surface area contributed by atoms with Gasteiger partial charge < -0.3 is 9.47 Å². The predicted molar refractivity (Wildman–Crippen MR) is 103 cm³/mol. The molecule has 1 saturated heterocycles. The van der Waals surface area contributed by atoms with Crippen molar-refractivity contribution in [2.45, 2.75) is 25.2 Å². The Labute approximate surface area is 161 Å². The Hall–Kier alpha value is -2.44. The standard InChI is InChI=1S/C21H20FN3OS/c22-16-5-1-4-15(10-16)11-23-13-19-20(14-23)25(12-17-6-3-9-27-17)21(26)18-7-2-8-24(18)19/h1-10,19-20H,11-14H2/t19-,20+/m1/s1. The molecule has 0 spiro atoms. The molecule has 5 rings (SSSR count). The first-order valence-corrected chi connectivity index (χ1v) is 10.0. The summed E-state index contributed by atoms with van der Waals surface area (Å²) in [5, 5.41) is 2.05. The van der Waals surface area contributed by atoms with Crippen LogP contribution < -0.4 is 0 Å². The van der Waals surface area contributed by atoms with Crippen LogP contribution in [0.2, 0.25) is 0 Å². The Kier molecular flexibility index (Phi) is 4.10. The highest BCUT2D eigenvalue weighted by atomic mass is 32.1. The van der Waals surface area contributed by atoms with E-state index in [1.165, 1.54) is 10.9 Å². The summed E-state index contributed by atoms with van der Waals surface area (Å²) >= 11 is 1.69. The number of fused-ring (bicyclic) bond motifs is 3. The fourth-order valence-corrected chi connectivity index (χ4v) is 5.07. The third kappa shape index (κ3) is 2.99. The first-order chi connectivity index (χ1) is 13.2. The molecule has 1 aromatic carbocycles. The van der Waals surface area contributed by atoms with Crippen molar-refractivity contribution >= 4 is 17.2 Å². The van der Waals surface area contributed by atoms with Gasteiger partial charge in [-0.1, -0.05) is 18.2 Å². The zero-order valence-corrected chi connectivity index (χ0v) is 15.6. The number of hydrogen-bond acceptors (Lipinski definition) is 3. The number of nitrogens with zero attached hydrogens (tertiary/aromatic N) is 3. The van der Waals surface area contributed by atoms with Crippen LogP contribution in [0.5, 0.6) is 0 Å². The maximum Gasteiger partial charge on any atom is 0.271 e. The molecular formula is C21H20FN3OS. The summed E-state index contributed by atoms with van der Waals surface area (Å²) in [7, 11) is 0. The van der Waals surface area contributed by atoms with Gasteiger partial charge in [-0.2, -0.15) is 0 Å². The first kappa shape index (κ1) is 16.7. The predicted octanol–water partition coefficient (Wildman–Crippen LogP) is 3.77. The number of likely N-dealkylation sites (tertiary alicyclic amines) is 1. The van der Waals surface area contributed by atoms with Gasteiger partial charge in [-0.05, 0) is 41.3 Å². The SMILES string of the molecule is O=C1c2cccn2[C@@H]2CN(Cc3cccc(F)c3)C[C@@H]2N1Cc1cccs1. The molecule has 0 unspecified atom stereocenters. The molecule has 0 saturated carbocycles. The molecule has 0 N–H and O–H groups in total. The van der Waals surface area contributed by atoms with E-state index in [9.17, 15) is 9.18 Å². The first-order valence-electron chi connectivity index (χ1n) is 9.16. The number of carbonyl (C=O) groups is 1. The lowest BCUT2D eigenvalue weighted by Crippen LogP contribution is -2.49. The summed E-state index contributed by atoms with van der Waals surface area (Å²) < 4.78 is 15.7. The molecule has 6 heteroatoms. The summed E-state index contributed by atoms with van der Waals surface area (Å²) in [6, 6.07) is 15.1. The molecule has 27 heavy (non-hydrogen) atoms. The molecule has 1 fully saturated rings. The van der Waals surface area contributed by atoms with E-state index >= 15 is 0 Å². The van der Waals surface area contributed by atoms with E-state index in [4.69, 9.17) is 0 Å². The maximum atomic E-state index is 13.5. The highest BCUT2D eigenvalue weighted by Gasteiger charge is 2.44. The quantitative estimate of drug-likeness (QED) is 0.688. The van der Waals surface area contributed by atoms with Gasteiger partial charge in [-0.3, -0.25) is 9.69 Å². The van der Waals surface area contributed by atoms with Gasteiger partial charge in [0.05, 0.1) is 18.6 Å². The summed E-state index contributed by atoms with van der Waals surface area (Å²) in [5.41, 5.74) is 1.73. The number of benzene rings is 1. The second kappa shape index (κ2) is 6.62. The molecule has 0 aliphatic carbocycles. The molecule has 4 nitrogen and oxygen atoms in total. The minimum absolute atomic E-state index is 0.0993. The largest absolute Gasteiger partial charge is 0.337 e. The van der Waals surface area contributed by atoms with Gasteiger partial charge in [-0.15, -0.1) is 11.3 Å². The van der Waals surface area contributed by atoms with E-state index in [-0.39, 0.29) is 23.8 Å². The Morgan fingerprint density at radius 3 is 2.74 bits per heavy atom. The fourth-order valence-electron chi connectivity index (χ4n) is 4.37. The number of carbonyl (C=O) groups excluding carboxylic acids is 1. The second-order valence-corrected chi connectivity index (χ2v) is 8.30. The molecule has 2 atom stereocenters. The minimum atomic E-state index is -0.202. The van der Waals surface area contributed by atoms with Crippen LogP contribution in [0.15, 0.2) is 60.1 Å². The van der Waals surface area contributed by atoms with E-state index in [2.05, 4.69) is 20.9 Å². The normalized spacial score (nSPS) is 22.1. The van der Waals surface area contributed by atoms with Crippen molar-refractivity contribution in [3.63, 3.8) is 0 Å². The van der Waals surface area contributed by atoms with Crippen LogP contribution in [0.4, 0.5) is 4.39 Å². The number of hydrogen-bond donors (Lipinski definition) is 0. The maximum absolute atomic E-state index is 13.5. The van der Waals surface area contributed by atoms with E-state index in [0.717, 1.165) is 24.3 Å². The van der Waals surface area contributed by atoms with Gasteiger partial charge in [0.2, 0.25) is 0 Å². The van der Waals surface area contributed by atoms with E-state index < -0.39 is 0 Å². The summed E-state index contributed by atoms with van der Waals surface area (Å²) in [4.78, 5) is 18.7. The van der Waals surface area contributed by atoms with Gasteiger partial charge in [0.25, 0.3) is 5.91 Å². The van der Waals surface area contributed by atoms with Gasteiger partial charge in [0.1, 0.15) is 11.5 Å². The number of aromatic nitrogens is 1. The lowest BCUT2D eigenvalue weighted by molar-refractivity contribution is 0.0559. The number of halogens is 1. The second-order valence-electron chi connectivity index (χ2n) is 7.27. The van der Waals surface area contributed by atoms with Crippen LogP contribution in [0.3, 0.4) is 0 Å².